The molecular weight excluding hydrogens is 208 g/mol. The lowest BCUT2D eigenvalue weighted by Crippen LogP contribution is -2.12. The third-order valence-corrected chi connectivity index (χ3v) is 2.21. The lowest BCUT2D eigenvalue weighted by Gasteiger charge is -2.10. The van der Waals surface area contributed by atoms with E-state index in [2.05, 4.69) is 0 Å². The maximum Gasteiger partial charge on any atom is 0.337 e. The molecule has 0 saturated heterocycles. The third kappa shape index (κ3) is 2.72. The molecule has 0 aliphatic heterocycles. The van der Waals surface area contributed by atoms with Crippen LogP contribution in [0.15, 0.2) is 18.2 Å². The summed E-state index contributed by atoms with van der Waals surface area (Å²) in [6.07, 6.45) is -0.773. The molecular formula is C11H12N2O3. The van der Waals surface area contributed by atoms with E-state index in [4.69, 9.17) is 16.1 Å². The lowest BCUT2D eigenvalue weighted by molar-refractivity contribution is -0.146. The van der Waals surface area contributed by atoms with Gasteiger partial charge in [-0.3, -0.25) is 0 Å². The van der Waals surface area contributed by atoms with Crippen LogP contribution in [0.25, 0.3) is 0 Å². The fraction of sp³-hybridized carbons (Fsp3) is 0.273. The molecule has 0 aliphatic rings. The second-order valence-electron chi connectivity index (χ2n) is 3.36. The molecule has 0 saturated carbocycles. The van der Waals surface area contributed by atoms with Gasteiger partial charge in [0.2, 0.25) is 0 Å². The van der Waals surface area contributed by atoms with Gasteiger partial charge < -0.3 is 15.9 Å². The summed E-state index contributed by atoms with van der Waals surface area (Å²) >= 11 is 0. The number of nitrogens with zero attached hydrogens (tertiary/aromatic N) is 1. The summed E-state index contributed by atoms with van der Waals surface area (Å²) in [4.78, 5) is 10.6. The van der Waals surface area contributed by atoms with Gasteiger partial charge in [0, 0.05) is 17.7 Å². The number of hydrogen-bond acceptors (Lipinski definition) is 4. The number of benzene rings is 1. The van der Waals surface area contributed by atoms with Crippen molar-refractivity contribution in [1.82, 2.24) is 0 Å². The minimum Gasteiger partial charge on any atom is -0.479 e. The number of carboxylic acids is 1. The molecule has 0 heterocycles. The maximum absolute atomic E-state index is 10.6. The van der Waals surface area contributed by atoms with Crippen LogP contribution < -0.4 is 5.73 Å². The highest BCUT2D eigenvalue weighted by Gasteiger charge is 2.18. The number of anilines is 1. The number of aryl methyl sites for hydroxylation is 1. The van der Waals surface area contributed by atoms with Crippen molar-refractivity contribution in [2.75, 3.05) is 5.73 Å². The zero-order chi connectivity index (χ0) is 12.1. The molecule has 0 aromatic heterocycles. The van der Waals surface area contributed by atoms with Crippen LogP contribution in [0.5, 0.6) is 0 Å². The molecule has 0 aliphatic carbocycles. The van der Waals surface area contributed by atoms with Crippen molar-refractivity contribution in [3.8, 4) is 6.07 Å². The highest BCUT2D eigenvalue weighted by molar-refractivity contribution is 5.76. The topological polar surface area (TPSA) is 107 Å². The molecule has 1 rings (SSSR count). The summed E-state index contributed by atoms with van der Waals surface area (Å²) < 4.78 is 0. The number of hydrogen-bond donors (Lipinski definition) is 3. The van der Waals surface area contributed by atoms with Crippen LogP contribution in [0.1, 0.15) is 23.7 Å². The molecule has 16 heavy (non-hydrogen) atoms. The third-order valence-electron chi connectivity index (χ3n) is 2.21. The smallest absolute Gasteiger partial charge is 0.337 e. The van der Waals surface area contributed by atoms with E-state index in [1.807, 2.05) is 6.07 Å². The number of aliphatic hydroxyl groups excluding tert-OH is 1. The van der Waals surface area contributed by atoms with Crippen molar-refractivity contribution in [3.63, 3.8) is 0 Å². The first-order chi connectivity index (χ1) is 7.56. The van der Waals surface area contributed by atoms with Crippen LogP contribution in [0, 0.1) is 11.3 Å². The predicted octanol–water partition coefficient (Wildman–Crippen LogP) is 0.843. The van der Waals surface area contributed by atoms with Crippen LogP contribution in [0.4, 0.5) is 5.69 Å². The van der Waals surface area contributed by atoms with Gasteiger partial charge in [-0.25, -0.2) is 4.79 Å². The molecule has 0 amide bonds. The minimum atomic E-state index is -1.62. The molecule has 0 bridgehead atoms. The molecule has 1 unspecified atom stereocenters. The standard InChI is InChI=1S/C11H12N2O3/c12-5-1-2-7-3-4-9(13)8(6-7)10(14)11(15)16/h3-4,6,10,14H,1-2,13H2,(H,15,16). The Morgan fingerprint density at radius 1 is 1.56 bits per heavy atom. The molecule has 1 aromatic rings. The summed E-state index contributed by atoms with van der Waals surface area (Å²) in [6, 6.07) is 6.76. The Hall–Kier alpha value is -2.06. The summed E-state index contributed by atoms with van der Waals surface area (Å²) in [5, 5.41) is 26.5. The Kier molecular flexibility index (Phi) is 3.86. The SMILES string of the molecule is N#CCCc1ccc(N)c(C(O)C(=O)O)c1. The van der Waals surface area contributed by atoms with Crippen LogP contribution in [-0.4, -0.2) is 16.2 Å². The predicted molar refractivity (Wildman–Crippen MR) is 57.4 cm³/mol. The van der Waals surface area contributed by atoms with Crippen molar-refractivity contribution >= 4 is 11.7 Å². The van der Waals surface area contributed by atoms with E-state index < -0.39 is 12.1 Å². The van der Waals surface area contributed by atoms with E-state index in [-0.39, 0.29) is 11.3 Å². The van der Waals surface area contributed by atoms with Gasteiger partial charge in [-0.05, 0) is 18.1 Å². The van der Waals surface area contributed by atoms with Crippen molar-refractivity contribution in [2.45, 2.75) is 18.9 Å². The molecule has 5 heteroatoms. The van der Waals surface area contributed by atoms with Gasteiger partial charge in [-0.1, -0.05) is 12.1 Å². The maximum atomic E-state index is 10.6. The largest absolute Gasteiger partial charge is 0.479 e. The fourth-order valence-corrected chi connectivity index (χ4v) is 1.35. The van der Waals surface area contributed by atoms with Gasteiger partial charge >= 0.3 is 5.97 Å². The first kappa shape index (κ1) is 12.0. The van der Waals surface area contributed by atoms with Crippen LogP contribution in [0.2, 0.25) is 0 Å². The number of nitriles is 1. The summed E-state index contributed by atoms with van der Waals surface area (Å²) in [7, 11) is 0. The van der Waals surface area contributed by atoms with Crippen molar-refractivity contribution < 1.29 is 15.0 Å². The van der Waals surface area contributed by atoms with Gasteiger partial charge in [-0.15, -0.1) is 0 Å². The lowest BCUT2D eigenvalue weighted by atomic mass is 10.0. The first-order valence-corrected chi connectivity index (χ1v) is 4.72. The minimum absolute atomic E-state index is 0.169. The second kappa shape index (κ2) is 5.14. The number of aliphatic carboxylic acids is 1. The fourth-order valence-electron chi connectivity index (χ4n) is 1.35. The van der Waals surface area contributed by atoms with Gasteiger partial charge in [0.05, 0.1) is 6.07 Å². The Morgan fingerprint density at radius 3 is 2.81 bits per heavy atom. The number of nitrogens with two attached hydrogens (primary N) is 1. The van der Waals surface area contributed by atoms with E-state index in [0.717, 1.165) is 5.56 Å². The first-order valence-electron chi connectivity index (χ1n) is 4.72. The molecule has 84 valence electrons. The second-order valence-corrected chi connectivity index (χ2v) is 3.36. The Morgan fingerprint density at radius 2 is 2.25 bits per heavy atom. The zero-order valence-electron chi connectivity index (χ0n) is 8.55. The number of carboxylic acid groups (broad SMARTS) is 1. The molecule has 0 fully saturated rings. The molecule has 5 nitrogen and oxygen atoms in total. The van der Waals surface area contributed by atoms with Gasteiger partial charge in [0.25, 0.3) is 0 Å². The van der Waals surface area contributed by atoms with E-state index in [9.17, 15) is 9.90 Å². The Labute approximate surface area is 92.7 Å². The van der Waals surface area contributed by atoms with Crippen LogP contribution in [-0.2, 0) is 11.2 Å². The number of nitrogen functional groups attached to an aromatic ring is 1. The highest BCUT2D eigenvalue weighted by Crippen LogP contribution is 2.22. The Balaban J connectivity index is 2.99. The summed E-state index contributed by atoms with van der Waals surface area (Å²) in [5.41, 5.74) is 6.75. The highest BCUT2D eigenvalue weighted by atomic mass is 16.4. The molecule has 4 N–H and O–H groups in total. The van der Waals surface area contributed by atoms with Crippen molar-refractivity contribution in [1.29, 1.82) is 5.26 Å². The van der Waals surface area contributed by atoms with E-state index >= 15 is 0 Å². The van der Waals surface area contributed by atoms with E-state index in [1.54, 1.807) is 6.07 Å². The molecule has 0 radical (unpaired) electrons. The number of carbonyl (C=O) groups is 1. The van der Waals surface area contributed by atoms with Crippen molar-refractivity contribution in [3.05, 3.63) is 29.3 Å². The molecule has 1 atom stereocenters. The van der Waals surface area contributed by atoms with Gasteiger partial charge in [0.15, 0.2) is 6.10 Å². The normalized spacial score (nSPS) is 11.8. The number of rotatable bonds is 4. The Bertz CT molecular complexity index is 437. The molecule has 1 aromatic carbocycles. The van der Waals surface area contributed by atoms with E-state index in [0.29, 0.717) is 12.8 Å². The van der Waals surface area contributed by atoms with Crippen LogP contribution in [0.3, 0.4) is 0 Å². The average Bonchev–Trinajstić information content (AvgIpc) is 2.27. The van der Waals surface area contributed by atoms with Gasteiger partial charge in [-0.2, -0.15) is 5.26 Å². The van der Waals surface area contributed by atoms with Crippen molar-refractivity contribution in [2.24, 2.45) is 0 Å². The quantitative estimate of drug-likeness (QED) is 0.652. The summed E-state index contributed by atoms with van der Waals surface area (Å²) in [5.74, 6) is -1.34. The zero-order valence-corrected chi connectivity index (χ0v) is 8.55. The molecule has 0 spiro atoms. The number of aliphatic hydroxyl groups is 1. The average molecular weight is 220 g/mol. The monoisotopic (exact) mass is 220 g/mol. The summed E-state index contributed by atoms with van der Waals surface area (Å²) in [6.45, 7) is 0. The van der Waals surface area contributed by atoms with Gasteiger partial charge in [0.1, 0.15) is 0 Å². The van der Waals surface area contributed by atoms with Crippen LogP contribution >= 0.6 is 0 Å². The van der Waals surface area contributed by atoms with E-state index in [1.165, 1.54) is 12.1 Å².